The second kappa shape index (κ2) is 8.20. The molecule has 24 heavy (non-hydrogen) atoms. The van der Waals surface area contributed by atoms with Gasteiger partial charge in [0.1, 0.15) is 0 Å². The molecule has 2 aliphatic heterocycles. The molecule has 7 nitrogen and oxygen atoms in total. The van der Waals surface area contributed by atoms with Crippen molar-refractivity contribution >= 4 is 0 Å². The van der Waals surface area contributed by atoms with Crippen LogP contribution in [0.5, 0.6) is 0 Å². The van der Waals surface area contributed by atoms with Gasteiger partial charge in [0.2, 0.25) is 0 Å². The molecule has 2 aliphatic rings. The zero-order valence-electron chi connectivity index (χ0n) is 14.3. The number of fused-ring (bicyclic) bond motifs is 1. The van der Waals surface area contributed by atoms with Gasteiger partial charge in [-0.1, -0.05) is 0 Å². The summed E-state index contributed by atoms with van der Waals surface area (Å²) in [6.07, 6.45) is 2.60. The Balaban J connectivity index is 1.46. The summed E-state index contributed by atoms with van der Waals surface area (Å²) in [7, 11) is 0. The molecule has 0 saturated carbocycles. The van der Waals surface area contributed by atoms with Crippen LogP contribution in [-0.2, 0) is 29.0 Å². The van der Waals surface area contributed by atoms with Crippen LogP contribution in [0.15, 0.2) is 10.9 Å². The Labute approximate surface area is 142 Å². The molecule has 7 heteroatoms. The van der Waals surface area contributed by atoms with Gasteiger partial charge in [-0.3, -0.25) is 9.69 Å². The largest absolute Gasteiger partial charge is 0.389 e. The molecule has 3 rings (SSSR count). The first-order valence-corrected chi connectivity index (χ1v) is 8.85. The lowest BCUT2D eigenvalue weighted by Crippen LogP contribution is -2.40. The Morgan fingerprint density at radius 1 is 1.54 bits per heavy atom. The number of rotatable bonds is 7. The van der Waals surface area contributed by atoms with Crippen molar-refractivity contribution in [2.24, 2.45) is 0 Å². The van der Waals surface area contributed by atoms with Gasteiger partial charge >= 0.3 is 0 Å². The normalized spacial score (nSPS) is 22.5. The minimum Gasteiger partial charge on any atom is -0.389 e. The predicted molar refractivity (Wildman–Crippen MR) is 89.0 cm³/mol. The Kier molecular flexibility index (Phi) is 5.99. The molecule has 0 unspecified atom stereocenters. The van der Waals surface area contributed by atoms with E-state index in [-0.39, 0.29) is 11.7 Å². The zero-order chi connectivity index (χ0) is 16.9. The Morgan fingerprint density at radius 3 is 3.17 bits per heavy atom. The minimum absolute atomic E-state index is 0.0569. The SMILES string of the molecule is CCn1nc2c(cc1=O)CN(C[C@@H](O)COC[C@H]1CCCO1)CC2. The Bertz CT molecular complexity index is 598. The van der Waals surface area contributed by atoms with Crippen LogP contribution < -0.4 is 5.56 Å². The molecule has 1 aromatic heterocycles. The quantitative estimate of drug-likeness (QED) is 0.765. The average Bonchev–Trinajstić information content (AvgIpc) is 3.07. The first-order valence-electron chi connectivity index (χ1n) is 8.85. The van der Waals surface area contributed by atoms with Gasteiger partial charge in [0.25, 0.3) is 5.56 Å². The van der Waals surface area contributed by atoms with Gasteiger partial charge in [-0.25, -0.2) is 4.68 Å². The molecule has 1 aromatic rings. The van der Waals surface area contributed by atoms with Gasteiger partial charge in [0.15, 0.2) is 0 Å². The van der Waals surface area contributed by atoms with E-state index >= 15 is 0 Å². The van der Waals surface area contributed by atoms with Gasteiger partial charge < -0.3 is 14.6 Å². The maximum absolute atomic E-state index is 11.9. The number of hydrogen-bond donors (Lipinski definition) is 1. The maximum atomic E-state index is 11.9. The molecule has 0 amide bonds. The monoisotopic (exact) mass is 337 g/mol. The summed E-state index contributed by atoms with van der Waals surface area (Å²) in [4.78, 5) is 14.1. The zero-order valence-corrected chi connectivity index (χ0v) is 14.3. The fraction of sp³-hybridized carbons (Fsp3) is 0.765. The second-order valence-electron chi connectivity index (χ2n) is 6.58. The molecule has 0 bridgehead atoms. The molecule has 2 atom stereocenters. The number of hydrogen-bond acceptors (Lipinski definition) is 6. The number of ether oxygens (including phenoxy) is 2. The fourth-order valence-corrected chi connectivity index (χ4v) is 3.34. The molecule has 1 N–H and O–H groups in total. The third-order valence-electron chi connectivity index (χ3n) is 4.63. The third-order valence-corrected chi connectivity index (χ3v) is 4.63. The van der Waals surface area contributed by atoms with Crippen molar-refractivity contribution in [3.05, 3.63) is 27.7 Å². The molecule has 0 radical (unpaired) electrons. The van der Waals surface area contributed by atoms with E-state index in [2.05, 4.69) is 10.00 Å². The lowest BCUT2D eigenvalue weighted by atomic mass is 10.1. The summed E-state index contributed by atoms with van der Waals surface area (Å²) >= 11 is 0. The van der Waals surface area contributed by atoms with Crippen LogP contribution in [0.1, 0.15) is 31.0 Å². The molecule has 1 saturated heterocycles. The third kappa shape index (κ3) is 4.42. The lowest BCUT2D eigenvalue weighted by molar-refractivity contribution is -0.0262. The summed E-state index contributed by atoms with van der Waals surface area (Å²) in [6.45, 7) is 6.24. The van der Waals surface area contributed by atoms with E-state index in [1.807, 2.05) is 6.92 Å². The first-order chi connectivity index (χ1) is 11.7. The van der Waals surface area contributed by atoms with Gasteiger partial charge in [-0.2, -0.15) is 5.10 Å². The van der Waals surface area contributed by atoms with E-state index in [1.165, 1.54) is 4.68 Å². The van der Waals surface area contributed by atoms with Crippen LogP contribution in [0.25, 0.3) is 0 Å². The van der Waals surface area contributed by atoms with Crippen molar-refractivity contribution in [1.82, 2.24) is 14.7 Å². The maximum Gasteiger partial charge on any atom is 0.267 e. The van der Waals surface area contributed by atoms with Crippen LogP contribution in [-0.4, -0.2) is 64.9 Å². The smallest absolute Gasteiger partial charge is 0.267 e. The van der Waals surface area contributed by atoms with E-state index in [0.717, 1.165) is 43.7 Å². The highest BCUT2D eigenvalue weighted by molar-refractivity contribution is 5.20. The Hall–Kier alpha value is -1.28. The lowest BCUT2D eigenvalue weighted by Gasteiger charge is -2.29. The molecule has 3 heterocycles. The summed E-state index contributed by atoms with van der Waals surface area (Å²) in [5.41, 5.74) is 1.92. The average molecular weight is 337 g/mol. The first kappa shape index (κ1) is 17.5. The van der Waals surface area contributed by atoms with Crippen molar-refractivity contribution in [3.8, 4) is 0 Å². The minimum atomic E-state index is -0.531. The summed E-state index contributed by atoms with van der Waals surface area (Å²) in [6, 6.07) is 1.68. The molecule has 0 aliphatic carbocycles. The van der Waals surface area contributed by atoms with Crippen molar-refractivity contribution in [1.29, 1.82) is 0 Å². The summed E-state index contributed by atoms with van der Waals surface area (Å²) < 4.78 is 12.6. The van der Waals surface area contributed by atoms with E-state index in [0.29, 0.717) is 32.8 Å². The molecule has 0 aromatic carbocycles. The molecular formula is C17H27N3O4. The number of aliphatic hydroxyl groups is 1. The van der Waals surface area contributed by atoms with Crippen LogP contribution in [0.3, 0.4) is 0 Å². The van der Waals surface area contributed by atoms with Crippen molar-refractivity contribution in [3.63, 3.8) is 0 Å². The Morgan fingerprint density at radius 2 is 2.42 bits per heavy atom. The standard InChI is InChI=1S/C17H27N3O4/c1-2-20-17(22)8-13-9-19(6-5-16(13)18-20)10-14(21)11-23-12-15-4-3-7-24-15/h8,14-15,21H,2-7,9-12H2,1H3/t14-,15-/m1/s1. The van der Waals surface area contributed by atoms with Crippen molar-refractivity contribution in [2.75, 3.05) is 32.9 Å². The highest BCUT2D eigenvalue weighted by Gasteiger charge is 2.22. The van der Waals surface area contributed by atoms with Crippen molar-refractivity contribution < 1.29 is 14.6 Å². The highest BCUT2D eigenvalue weighted by Crippen LogP contribution is 2.16. The highest BCUT2D eigenvalue weighted by atomic mass is 16.5. The van der Waals surface area contributed by atoms with E-state index < -0.39 is 6.10 Å². The molecule has 134 valence electrons. The van der Waals surface area contributed by atoms with Crippen LogP contribution in [0.4, 0.5) is 0 Å². The topological polar surface area (TPSA) is 76.8 Å². The van der Waals surface area contributed by atoms with Crippen LogP contribution >= 0.6 is 0 Å². The van der Waals surface area contributed by atoms with E-state index in [1.54, 1.807) is 6.07 Å². The van der Waals surface area contributed by atoms with E-state index in [9.17, 15) is 9.90 Å². The van der Waals surface area contributed by atoms with Crippen molar-refractivity contribution in [2.45, 2.75) is 51.5 Å². The molecule has 1 fully saturated rings. The molecular weight excluding hydrogens is 310 g/mol. The predicted octanol–water partition coefficient (Wildman–Crippen LogP) is 0.178. The summed E-state index contributed by atoms with van der Waals surface area (Å²) in [5.74, 6) is 0. The van der Waals surface area contributed by atoms with Gasteiger partial charge in [-0.05, 0) is 25.3 Å². The number of aliphatic hydroxyl groups excluding tert-OH is 1. The number of nitrogens with zero attached hydrogens (tertiary/aromatic N) is 3. The van der Waals surface area contributed by atoms with Gasteiger partial charge in [0, 0.05) is 45.3 Å². The van der Waals surface area contributed by atoms with Crippen LogP contribution in [0.2, 0.25) is 0 Å². The van der Waals surface area contributed by atoms with E-state index in [4.69, 9.17) is 9.47 Å². The fourth-order valence-electron chi connectivity index (χ4n) is 3.34. The number of aromatic nitrogens is 2. The van der Waals surface area contributed by atoms with Gasteiger partial charge in [0.05, 0.1) is 31.1 Å². The van der Waals surface area contributed by atoms with Gasteiger partial charge in [-0.15, -0.1) is 0 Å². The van der Waals surface area contributed by atoms with Crippen LogP contribution in [0, 0.1) is 0 Å². The number of β-amino-alcohol motifs (C(OH)–C–C–N with tert-alkyl or cyclic N) is 1. The molecule has 0 spiro atoms. The second-order valence-corrected chi connectivity index (χ2v) is 6.58. The number of aryl methyl sites for hydroxylation is 1. The summed E-state index contributed by atoms with van der Waals surface area (Å²) in [5, 5.41) is 14.6.